The molecule has 0 aromatic carbocycles. The lowest BCUT2D eigenvalue weighted by molar-refractivity contribution is -0.150. The molecule has 0 bridgehead atoms. The molecule has 0 fully saturated rings. The van der Waals surface area contributed by atoms with E-state index in [0.717, 1.165) is 0 Å². The topological polar surface area (TPSA) is 61.8 Å². The molecule has 0 N–H and O–H groups in total. The smallest absolute Gasteiger partial charge is 0.341 e. The molecule has 0 amide bonds. The predicted octanol–water partition coefficient (Wildman–Crippen LogP) is 3.38. The maximum absolute atomic E-state index is 10.3. The lowest BCUT2D eigenvalue weighted by Crippen LogP contribution is -2.33. The van der Waals surface area contributed by atoms with Gasteiger partial charge in [0.25, 0.3) is 0 Å². The number of carbonyl (C=O) groups is 2. The zero-order valence-electron chi connectivity index (χ0n) is 11.1. The van der Waals surface area contributed by atoms with Crippen molar-refractivity contribution in [3.05, 3.63) is 31.8 Å². The van der Waals surface area contributed by atoms with Gasteiger partial charge in [0.1, 0.15) is 10.1 Å². The summed E-state index contributed by atoms with van der Waals surface area (Å²) < 4.78 is 14.2. The summed E-state index contributed by atoms with van der Waals surface area (Å²) in [5, 5.41) is 0.567. The van der Waals surface area contributed by atoms with Gasteiger partial charge < -0.3 is 14.2 Å². The van der Waals surface area contributed by atoms with Crippen molar-refractivity contribution in [2.24, 2.45) is 0 Å². The Labute approximate surface area is 141 Å². The third-order valence-electron chi connectivity index (χ3n) is 2.58. The molecule has 5 nitrogen and oxygen atoms in total. The van der Waals surface area contributed by atoms with E-state index in [9.17, 15) is 9.59 Å². The Morgan fingerprint density at radius 1 is 1.00 bits per heavy atom. The summed E-state index contributed by atoms with van der Waals surface area (Å²) in [6, 6.07) is 0. The fourth-order valence-electron chi connectivity index (χ4n) is 1.46. The molecule has 0 spiro atoms. The van der Waals surface area contributed by atoms with Crippen LogP contribution >= 0.6 is 46.4 Å². The fourth-order valence-corrected chi connectivity index (χ4v) is 2.73. The molecule has 0 unspecified atom stereocenters. The van der Waals surface area contributed by atoms with E-state index in [0.29, 0.717) is 5.57 Å². The number of hydrogen-bond donors (Lipinski definition) is 0. The molecule has 0 saturated heterocycles. The van der Waals surface area contributed by atoms with Gasteiger partial charge in [-0.1, -0.05) is 46.4 Å². The molecule has 2 rings (SSSR count). The van der Waals surface area contributed by atoms with Crippen LogP contribution < -0.4 is 0 Å². The molecule has 21 heavy (non-hydrogen) atoms. The van der Waals surface area contributed by atoms with E-state index < -0.39 is 17.7 Å². The summed E-state index contributed by atoms with van der Waals surface area (Å²) >= 11 is 23.3. The van der Waals surface area contributed by atoms with Crippen LogP contribution in [0.1, 0.15) is 6.92 Å². The van der Waals surface area contributed by atoms with Crippen molar-refractivity contribution in [2.75, 3.05) is 14.2 Å². The van der Waals surface area contributed by atoms with Gasteiger partial charge in [-0.05, 0) is 6.92 Å². The van der Waals surface area contributed by atoms with Gasteiger partial charge in [-0.3, -0.25) is 0 Å². The van der Waals surface area contributed by atoms with E-state index in [-0.39, 0.29) is 20.1 Å². The maximum Gasteiger partial charge on any atom is 0.341 e. The first-order chi connectivity index (χ1) is 9.71. The summed E-state index contributed by atoms with van der Waals surface area (Å²) in [5.41, 5.74) is 0.370. The highest BCUT2D eigenvalue weighted by atomic mass is 35.5. The second-order valence-electron chi connectivity index (χ2n) is 3.82. The molecule has 2 aliphatic rings. The van der Waals surface area contributed by atoms with E-state index in [1.807, 2.05) is 0 Å². The van der Waals surface area contributed by atoms with Crippen LogP contribution in [0.5, 0.6) is 0 Å². The Morgan fingerprint density at radius 2 is 1.43 bits per heavy atom. The predicted molar refractivity (Wildman–Crippen MR) is 79.1 cm³/mol. The van der Waals surface area contributed by atoms with Gasteiger partial charge >= 0.3 is 11.9 Å². The van der Waals surface area contributed by atoms with E-state index in [1.54, 1.807) is 0 Å². The molecule has 116 valence electrons. The van der Waals surface area contributed by atoms with Crippen molar-refractivity contribution in [3.8, 4) is 0 Å². The number of halogens is 4. The quantitative estimate of drug-likeness (QED) is 0.420. The molecule has 9 heteroatoms. The molecule has 0 saturated carbocycles. The lowest BCUT2D eigenvalue weighted by atomic mass is 10.3. The van der Waals surface area contributed by atoms with Gasteiger partial charge in [-0.15, -0.1) is 0 Å². The van der Waals surface area contributed by atoms with E-state index in [4.69, 9.17) is 55.9 Å². The summed E-state index contributed by atoms with van der Waals surface area (Å²) in [7, 11) is 2.79. The normalized spacial score (nSPS) is 20.4. The number of carbonyl (C=O) groups excluding carboxylic acids is 2. The Morgan fingerprint density at radius 3 is 1.57 bits per heavy atom. The first-order valence-corrected chi connectivity index (χ1v) is 6.89. The first-order valence-electron chi connectivity index (χ1n) is 5.37. The standard InChI is InChI=1S/C7H6Cl4O2.C5H4O3/c1-12-7(13-2)5(10)3(8)4(9)6(7)11;1-3-2-4(6)8-5(3)7/h1-2H3;2H,1H3. The minimum absolute atomic E-state index is 0.133. The van der Waals surface area contributed by atoms with Crippen LogP contribution in [0.3, 0.4) is 0 Å². The van der Waals surface area contributed by atoms with Gasteiger partial charge in [-0.2, -0.15) is 0 Å². The summed E-state index contributed by atoms with van der Waals surface area (Å²) in [4.78, 5) is 20.4. The highest BCUT2D eigenvalue weighted by molar-refractivity contribution is 6.53. The summed E-state index contributed by atoms with van der Waals surface area (Å²) in [6.07, 6.45) is 1.17. The Kier molecular flexibility index (Phi) is 6.28. The number of methoxy groups -OCH3 is 2. The van der Waals surface area contributed by atoms with Gasteiger partial charge in [0.15, 0.2) is 0 Å². The average Bonchev–Trinajstić information content (AvgIpc) is 2.82. The third kappa shape index (κ3) is 3.44. The molecular formula is C12H10Cl4O5. The van der Waals surface area contributed by atoms with Crippen LogP contribution in [0.25, 0.3) is 0 Å². The SMILES string of the molecule is CC1=CC(=O)OC1=O.COC1(OC)C(Cl)=C(Cl)C(Cl)=C1Cl. The van der Waals surface area contributed by atoms with Crippen molar-refractivity contribution in [2.45, 2.75) is 12.7 Å². The van der Waals surface area contributed by atoms with Crippen molar-refractivity contribution in [1.29, 1.82) is 0 Å². The lowest BCUT2D eigenvalue weighted by Gasteiger charge is -2.26. The van der Waals surface area contributed by atoms with Crippen LogP contribution in [0.15, 0.2) is 31.8 Å². The number of ether oxygens (including phenoxy) is 3. The van der Waals surface area contributed by atoms with Crippen LogP contribution in [-0.2, 0) is 23.8 Å². The van der Waals surface area contributed by atoms with Crippen LogP contribution in [0.2, 0.25) is 0 Å². The third-order valence-corrected chi connectivity index (χ3v) is 4.50. The Balaban J connectivity index is 0.000000235. The van der Waals surface area contributed by atoms with Crippen molar-refractivity contribution in [3.63, 3.8) is 0 Å². The molecule has 1 aliphatic carbocycles. The largest absolute Gasteiger partial charge is 0.386 e. The van der Waals surface area contributed by atoms with Crippen molar-refractivity contribution < 1.29 is 23.8 Å². The zero-order chi connectivity index (χ0) is 16.4. The monoisotopic (exact) mass is 374 g/mol. The zero-order valence-corrected chi connectivity index (χ0v) is 14.2. The van der Waals surface area contributed by atoms with E-state index in [2.05, 4.69) is 4.74 Å². The number of rotatable bonds is 2. The van der Waals surface area contributed by atoms with Crippen LogP contribution in [-0.4, -0.2) is 31.9 Å². The van der Waals surface area contributed by atoms with Gasteiger partial charge in [0.05, 0.1) is 10.1 Å². The highest BCUT2D eigenvalue weighted by Gasteiger charge is 2.47. The highest BCUT2D eigenvalue weighted by Crippen LogP contribution is 2.49. The number of allylic oxidation sites excluding steroid dienone is 2. The Hall–Kier alpha value is -0.560. The van der Waals surface area contributed by atoms with Gasteiger partial charge in [-0.25, -0.2) is 9.59 Å². The molecule has 1 heterocycles. The molecule has 1 aliphatic heterocycles. The molecule has 0 atom stereocenters. The molecule has 0 aromatic heterocycles. The molecular weight excluding hydrogens is 366 g/mol. The summed E-state index contributed by atoms with van der Waals surface area (Å²) in [6.45, 7) is 1.53. The fraction of sp³-hybridized carbons (Fsp3) is 0.333. The minimum atomic E-state index is -1.34. The second kappa shape index (κ2) is 7.13. The Bertz CT molecular complexity index is 546. The van der Waals surface area contributed by atoms with Crippen molar-refractivity contribution in [1.82, 2.24) is 0 Å². The van der Waals surface area contributed by atoms with Gasteiger partial charge in [0, 0.05) is 25.9 Å². The minimum Gasteiger partial charge on any atom is -0.386 e. The van der Waals surface area contributed by atoms with Crippen molar-refractivity contribution >= 4 is 58.3 Å². The number of esters is 2. The van der Waals surface area contributed by atoms with Crippen LogP contribution in [0.4, 0.5) is 0 Å². The maximum atomic E-state index is 10.3. The van der Waals surface area contributed by atoms with Crippen LogP contribution in [0, 0.1) is 0 Å². The average molecular weight is 376 g/mol. The molecule has 0 radical (unpaired) electrons. The molecule has 0 aromatic rings. The van der Waals surface area contributed by atoms with Gasteiger partial charge in [0.2, 0.25) is 5.79 Å². The second-order valence-corrected chi connectivity index (χ2v) is 5.33. The number of hydrogen-bond acceptors (Lipinski definition) is 5. The van der Waals surface area contributed by atoms with E-state index >= 15 is 0 Å². The number of cyclic esters (lactones) is 2. The first kappa shape index (κ1) is 18.5. The van der Waals surface area contributed by atoms with E-state index in [1.165, 1.54) is 27.2 Å². The summed E-state index contributed by atoms with van der Waals surface area (Å²) in [5.74, 6) is -2.43.